The molecule has 2 N–H and O–H groups in total. The summed E-state index contributed by atoms with van der Waals surface area (Å²) >= 11 is 0. The molecular formula is C13H14F3N3. The third kappa shape index (κ3) is 2.89. The molecule has 1 aromatic carbocycles. The van der Waals surface area contributed by atoms with Crippen LogP contribution in [-0.4, -0.2) is 10.2 Å². The maximum atomic E-state index is 12.8. The first kappa shape index (κ1) is 13.5. The summed E-state index contributed by atoms with van der Waals surface area (Å²) in [5, 5.41) is 9.64. The van der Waals surface area contributed by atoms with Crippen LogP contribution in [0.5, 0.6) is 0 Å². The number of hydrogen-bond donors (Lipinski definition) is 2. The Morgan fingerprint density at radius 3 is 2.47 bits per heavy atom. The lowest BCUT2D eigenvalue weighted by atomic mass is 10.1. The molecular weight excluding hydrogens is 255 g/mol. The van der Waals surface area contributed by atoms with E-state index in [0.29, 0.717) is 6.54 Å². The lowest BCUT2D eigenvalue weighted by molar-refractivity contribution is -0.136. The van der Waals surface area contributed by atoms with Gasteiger partial charge in [-0.1, -0.05) is 12.1 Å². The van der Waals surface area contributed by atoms with Crippen LogP contribution in [0, 0.1) is 13.8 Å². The molecule has 2 rings (SSSR count). The Hall–Kier alpha value is -1.98. The van der Waals surface area contributed by atoms with E-state index >= 15 is 0 Å². The molecule has 3 nitrogen and oxygen atoms in total. The van der Waals surface area contributed by atoms with E-state index < -0.39 is 11.7 Å². The van der Waals surface area contributed by atoms with Crippen molar-refractivity contribution < 1.29 is 13.2 Å². The maximum Gasteiger partial charge on any atom is 0.418 e. The maximum absolute atomic E-state index is 12.8. The van der Waals surface area contributed by atoms with Gasteiger partial charge in [0.25, 0.3) is 0 Å². The number of aryl methyl sites for hydroxylation is 2. The Morgan fingerprint density at radius 1 is 1.21 bits per heavy atom. The minimum atomic E-state index is -4.36. The highest BCUT2D eigenvalue weighted by Crippen LogP contribution is 2.34. The van der Waals surface area contributed by atoms with Crippen molar-refractivity contribution >= 4 is 5.69 Å². The first-order valence-corrected chi connectivity index (χ1v) is 5.80. The quantitative estimate of drug-likeness (QED) is 0.892. The number of nitrogens with zero attached hydrogens (tertiary/aromatic N) is 1. The predicted molar refractivity (Wildman–Crippen MR) is 66.8 cm³/mol. The van der Waals surface area contributed by atoms with Gasteiger partial charge >= 0.3 is 6.18 Å². The number of H-pyrrole nitrogens is 1. The summed E-state index contributed by atoms with van der Waals surface area (Å²) in [6.45, 7) is 3.96. The smallest absolute Gasteiger partial charge is 0.380 e. The minimum Gasteiger partial charge on any atom is -0.380 e. The molecule has 6 heteroatoms. The highest BCUT2D eigenvalue weighted by molar-refractivity contribution is 5.53. The minimum absolute atomic E-state index is 0.0787. The second-order valence-corrected chi connectivity index (χ2v) is 4.31. The molecule has 0 aliphatic rings. The normalized spacial score (nSPS) is 11.6. The average Bonchev–Trinajstić information content (AvgIpc) is 2.66. The third-order valence-corrected chi connectivity index (χ3v) is 2.97. The van der Waals surface area contributed by atoms with E-state index in [1.807, 2.05) is 13.8 Å². The van der Waals surface area contributed by atoms with Crippen LogP contribution in [0.25, 0.3) is 0 Å². The van der Waals surface area contributed by atoms with Crippen molar-refractivity contribution in [2.24, 2.45) is 0 Å². The van der Waals surface area contributed by atoms with Crippen LogP contribution in [-0.2, 0) is 12.7 Å². The fourth-order valence-electron chi connectivity index (χ4n) is 1.90. The summed E-state index contributed by atoms with van der Waals surface area (Å²) in [4.78, 5) is 0. The number of para-hydroxylation sites is 1. The second kappa shape index (κ2) is 4.95. The molecule has 0 radical (unpaired) electrons. The number of benzene rings is 1. The molecule has 2 aromatic rings. The largest absolute Gasteiger partial charge is 0.418 e. The van der Waals surface area contributed by atoms with Gasteiger partial charge in [-0.25, -0.2) is 0 Å². The van der Waals surface area contributed by atoms with Gasteiger partial charge in [-0.3, -0.25) is 5.10 Å². The van der Waals surface area contributed by atoms with Gasteiger partial charge < -0.3 is 5.32 Å². The predicted octanol–water partition coefficient (Wildman–Crippen LogP) is 3.66. The Kier molecular flexibility index (Phi) is 3.50. The van der Waals surface area contributed by atoms with Crippen molar-refractivity contribution in [2.75, 3.05) is 5.32 Å². The average molecular weight is 269 g/mol. The van der Waals surface area contributed by atoms with E-state index in [9.17, 15) is 13.2 Å². The van der Waals surface area contributed by atoms with E-state index in [2.05, 4.69) is 15.5 Å². The van der Waals surface area contributed by atoms with Crippen LogP contribution >= 0.6 is 0 Å². The van der Waals surface area contributed by atoms with E-state index in [1.165, 1.54) is 12.1 Å². The number of nitrogens with one attached hydrogen (secondary N) is 2. The Morgan fingerprint density at radius 2 is 1.89 bits per heavy atom. The summed E-state index contributed by atoms with van der Waals surface area (Å²) in [6, 6.07) is 5.44. The first-order chi connectivity index (χ1) is 8.89. The second-order valence-electron chi connectivity index (χ2n) is 4.31. The van der Waals surface area contributed by atoms with Gasteiger partial charge in [0, 0.05) is 23.5 Å². The number of rotatable bonds is 3. The molecule has 0 fully saturated rings. The van der Waals surface area contributed by atoms with Crippen LogP contribution in [0.3, 0.4) is 0 Å². The van der Waals surface area contributed by atoms with Crippen molar-refractivity contribution in [1.82, 2.24) is 10.2 Å². The van der Waals surface area contributed by atoms with Crippen LogP contribution in [0.15, 0.2) is 24.3 Å². The highest BCUT2D eigenvalue weighted by atomic mass is 19.4. The molecule has 0 saturated heterocycles. The molecule has 19 heavy (non-hydrogen) atoms. The van der Waals surface area contributed by atoms with Crippen LogP contribution in [0.2, 0.25) is 0 Å². The number of alkyl halides is 3. The molecule has 0 spiro atoms. The molecule has 0 aliphatic carbocycles. The number of aromatic nitrogens is 2. The zero-order chi connectivity index (χ0) is 14.0. The van der Waals surface area contributed by atoms with E-state index in [4.69, 9.17) is 0 Å². The van der Waals surface area contributed by atoms with E-state index in [0.717, 1.165) is 23.0 Å². The summed E-state index contributed by atoms with van der Waals surface area (Å²) in [6.07, 6.45) is -4.36. The summed E-state index contributed by atoms with van der Waals surface area (Å²) in [5.41, 5.74) is 1.95. The Labute approximate surface area is 108 Å². The number of anilines is 1. The monoisotopic (exact) mass is 269 g/mol. The van der Waals surface area contributed by atoms with E-state index in [1.54, 1.807) is 6.07 Å². The van der Waals surface area contributed by atoms with Gasteiger partial charge in [0.2, 0.25) is 0 Å². The molecule has 0 unspecified atom stereocenters. The van der Waals surface area contributed by atoms with Gasteiger partial charge in [-0.15, -0.1) is 0 Å². The van der Waals surface area contributed by atoms with Crippen LogP contribution in [0.1, 0.15) is 22.5 Å². The summed E-state index contributed by atoms with van der Waals surface area (Å²) in [7, 11) is 0. The van der Waals surface area contributed by atoms with Gasteiger partial charge in [0.1, 0.15) is 0 Å². The Balaban J connectivity index is 2.21. The van der Waals surface area contributed by atoms with E-state index in [-0.39, 0.29) is 5.69 Å². The fourth-order valence-corrected chi connectivity index (χ4v) is 1.90. The van der Waals surface area contributed by atoms with Crippen LogP contribution < -0.4 is 5.32 Å². The third-order valence-electron chi connectivity index (χ3n) is 2.97. The lowest BCUT2D eigenvalue weighted by Gasteiger charge is -2.14. The van der Waals surface area contributed by atoms with Crippen molar-refractivity contribution in [2.45, 2.75) is 26.6 Å². The zero-order valence-corrected chi connectivity index (χ0v) is 10.6. The first-order valence-electron chi connectivity index (χ1n) is 5.80. The molecule has 0 saturated carbocycles. The molecule has 0 aliphatic heterocycles. The van der Waals surface area contributed by atoms with Crippen molar-refractivity contribution in [3.8, 4) is 0 Å². The molecule has 102 valence electrons. The number of aromatic amines is 1. The molecule has 0 atom stereocenters. The topological polar surface area (TPSA) is 40.7 Å². The van der Waals surface area contributed by atoms with Gasteiger partial charge in [0.05, 0.1) is 11.3 Å². The molecule has 0 amide bonds. The molecule has 1 heterocycles. The lowest BCUT2D eigenvalue weighted by Crippen LogP contribution is -2.11. The highest BCUT2D eigenvalue weighted by Gasteiger charge is 2.33. The Bertz CT molecular complexity index is 553. The standard InChI is InChI=1S/C13H14F3N3/c1-8-10(9(2)19-18-8)7-17-12-6-4-3-5-11(12)13(14,15)16/h3-6,17H,7H2,1-2H3,(H,18,19). The SMILES string of the molecule is Cc1n[nH]c(C)c1CNc1ccccc1C(F)(F)F. The van der Waals surface area contributed by atoms with Crippen molar-refractivity contribution in [3.05, 3.63) is 46.8 Å². The summed E-state index contributed by atoms with van der Waals surface area (Å²) < 4.78 is 38.4. The zero-order valence-electron chi connectivity index (χ0n) is 10.6. The van der Waals surface area contributed by atoms with Crippen molar-refractivity contribution in [1.29, 1.82) is 0 Å². The number of halogens is 3. The summed E-state index contributed by atoms with van der Waals surface area (Å²) in [5.74, 6) is 0. The van der Waals surface area contributed by atoms with Crippen molar-refractivity contribution in [3.63, 3.8) is 0 Å². The number of hydrogen-bond acceptors (Lipinski definition) is 2. The van der Waals surface area contributed by atoms with Crippen LogP contribution in [0.4, 0.5) is 18.9 Å². The fraction of sp³-hybridized carbons (Fsp3) is 0.308. The molecule has 0 bridgehead atoms. The van der Waals surface area contributed by atoms with Gasteiger partial charge in [-0.2, -0.15) is 18.3 Å². The van der Waals surface area contributed by atoms with Gasteiger partial charge in [0.15, 0.2) is 0 Å². The van der Waals surface area contributed by atoms with Gasteiger partial charge in [-0.05, 0) is 26.0 Å². The molecule has 1 aromatic heterocycles.